The van der Waals surface area contributed by atoms with Crippen LogP contribution in [0, 0.1) is 0 Å². The summed E-state index contributed by atoms with van der Waals surface area (Å²) in [7, 11) is 0. The van der Waals surface area contributed by atoms with Gasteiger partial charge in [0, 0.05) is 0 Å². The van der Waals surface area contributed by atoms with Crippen molar-refractivity contribution in [1.29, 1.82) is 0 Å². The molecule has 164 valence electrons. The van der Waals surface area contributed by atoms with Crippen LogP contribution in [0.2, 0.25) is 0 Å². The third-order valence-corrected chi connectivity index (χ3v) is 6.73. The fraction of sp³-hybridized carbons (Fsp3) is 0.0286. The molecule has 7 aromatic carbocycles. The quantitative estimate of drug-likeness (QED) is 0.234. The van der Waals surface area contributed by atoms with E-state index in [1.807, 2.05) is 84.9 Å². The normalized spacial score (nSPS) is 14.7. The van der Waals surface area contributed by atoms with E-state index >= 15 is 0 Å². The zero-order valence-corrected chi connectivity index (χ0v) is 18.8. The minimum absolute atomic E-state index is 0.206. The molecule has 0 bridgehead atoms. The second-order valence-electron chi connectivity index (χ2n) is 8.74. The minimum Gasteiger partial charge on any atom is -0.0616 e. The van der Waals surface area contributed by atoms with Crippen molar-refractivity contribution in [3.05, 3.63) is 144 Å². The van der Waals surface area contributed by atoms with Crippen molar-refractivity contribution in [2.75, 3.05) is 0 Å². The third-order valence-electron chi connectivity index (χ3n) is 6.73. The first kappa shape index (κ1) is 13.5. The lowest BCUT2D eigenvalue weighted by molar-refractivity contribution is 1.24. The van der Waals surface area contributed by atoms with E-state index in [4.69, 9.17) is 11.0 Å². The molecule has 0 aliphatic carbocycles. The molecule has 0 aliphatic heterocycles. The molecule has 7 aromatic rings. The SMILES string of the molecule is [2H]c1c([2H])c([2H])c2c(-c3cccc4ccccc34)c3c([2H])c([2H])c([2H])c([2H])c3c(Cc3ccc4ccccc4c3)c2c1[2H]. The largest absolute Gasteiger partial charge is 0.0629 e. The Morgan fingerprint density at radius 2 is 1.09 bits per heavy atom. The number of fused-ring (bicyclic) bond motifs is 4. The maximum atomic E-state index is 9.12. The Morgan fingerprint density at radius 1 is 0.486 bits per heavy atom. The number of hydrogen-bond acceptors (Lipinski definition) is 0. The van der Waals surface area contributed by atoms with Crippen LogP contribution in [0.15, 0.2) is 133 Å². The van der Waals surface area contributed by atoms with Crippen LogP contribution < -0.4 is 0 Å². The lowest BCUT2D eigenvalue weighted by Gasteiger charge is -2.18. The molecule has 0 saturated carbocycles. The monoisotopic (exact) mass is 452 g/mol. The average molecular weight is 453 g/mol. The van der Waals surface area contributed by atoms with Gasteiger partial charge in [-0.1, -0.05) is 133 Å². The summed E-state index contributed by atoms with van der Waals surface area (Å²) in [4.78, 5) is 0. The second kappa shape index (κ2) is 8.11. The van der Waals surface area contributed by atoms with Crippen molar-refractivity contribution < 1.29 is 11.0 Å². The Hall–Kier alpha value is -4.42. The lowest BCUT2D eigenvalue weighted by Crippen LogP contribution is -1.96. The number of rotatable bonds is 3. The molecular formula is C35H24. The van der Waals surface area contributed by atoms with Gasteiger partial charge < -0.3 is 0 Å². The fourth-order valence-corrected chi connectivity index (χ4v) is 5.15. The number of hydrogen-bond donors (Lipinski definition) is 0. The molecule has 0 spiro atoms. The molecule has 0 fully saturated rings. The molecule has 7 rings (SSSR count). The van der Waals surface area contributed by atoms with E-state index in [2.05, 4.69) is 0 Å². The van der Waals surface area contributed by atoms with Crippen LogP contribution in [0.4, 0.5) is 0 Å². The van der Waals surface area contributed by atoms with Crippen LogP contribution in [-0.4, -0.2) is 0 Å². The van der Waals surface area contributed by atoms with Gasteiger partial charge in [0.05, 0.1) is 11.0 Å². The molecule has 0 N–H and O–H groups in total. The maximum Gasteiger partial charge on any atom is 0.0629 e. The van der Waals surface area contributed by atoms with Crippen LogP contribution in [0.25, 0.3) is 54.2 Å². The highest BCUT2D eigenvalue weighted by Gasteiger charge is 2.16. The van der Waals surface area contributed by atoms with E-state index in [1.54, 1.807) is 0 Å². The summed E-state index contributed by atoms with van der Waals surface area (Å²) < 4.78 is 70.8. The van der Waals surface area contributed by atoms with Gasteiger partial charge >= 0.3 is 0 Å². The molecule has 0 aromatic heterocycles. The Labute approximate surface area is 216 Å². The first-order chi connectivity index (χ1) is 20.7. The second-order valence-corrected chi connectivity index (χ2v) is 8.74. The first-order valence-electron chi connectivity index (χ1n) is 15.6. The summed E-state index contributed by atoms with van der Waals surface area (Å²) in [6, 6.07) is 24.7. The van der Waals surface area contributed by atoms with Crippen molar-refractivity contribution in [2.45, 2.75) is 6.42 Å². The van der Waals surface area contributed by atoms with E-state index in [0.717, 1.165) is 27.1 Å². The molecule has 0 amide bonds. The van der Waals surface area contributed by atoms with E-state index in [0.29, 0.717) is 16.7 Å². The van der Waals surface area contributed by atoms with Crippen molar-refractivity contribution in [2.24, 2.45) is 0 Å². The minimum atomic E-state index is -0.393. The smallest absolute Gasteiger partial charge is 0.0616 e. The average Bonchev–Trinajstić information content (AvgIpc) is 3.03. The summed E-state index contributed by atoms with van der Waals surface area (Å²) in [5.41, 5.74) is 2.32. The summed E-state index contributed by atoms with van der Waals surface area (Å²) >= 11 is 0. The Bertz CT molecular complexity index is 2220. The van der Waals surface area contributed by atoms with Gasteiger partial charge in [0.2, 0.25) is 0 Å². The Kier molecular flexibility index (Phi) is 3.12. The predicted molar refractivity (Wildman–Crippen MR) is 151 cm³/mol. The number of benzene rings is 7. The van der Waals surface area contributed by atoms with Crippen molar-refractivity contribution in [1.82, 2.24) is 0 Å². The third kappa shape index (κ3) is 3.30. The Balaban J connectivity index is 1.74. The lowest BCUT2D eigenvalue weighted by atomic mass is 9.85. The van der Waals surface area contributed by atoms with E-state index in [9.17, 15) is 0 Å². The van der Waals surface area contributed by atoms with Gasteiger partial charge in [0.15, 0.2) is 0 Å². The predicted octanol–water partition coefficient (Wildman–Crippen LogP) is 9.56. The van der Waals surface area contributed by atoms with Gasteiger partial charge in [0.25, 0.3) is 0 Å². The van der Waals surface area contributed by atoms with Crippen LogP contribution in [0.5, 0.6) is 0 Å². The zero-order chi connectivity index (χ0) is 30.2. The van der Waals surface area contributed by atoms with Crippen molar-refractivity contribution >= 4 is 43.1 Å². The molecule has 0 atom stereocenters. The molecule has 0 radical (unpaired) electrons. The molecule has 0 aliphatic rings. The van der Waals surface area contributed by atoms with Gasteiger partial charge in [-0.05, 0) is 71.8 Å². The molecule has 0 heterocycles. The highest BCUT2D eigenvalue weighted by Crippen LogP contribution is 2.42. The molecular weight excluding hydrogens is 420 g/mol. The van der Waals surface area contributed by atoms with Gasteiger partial charge in [-0.25, -0.2) is 0 Å². The summed E-state index contributed by atoms with van der Waals surface area (Å²) in [6.45, 7) is 0. The topological polar surface area (TPSA) is 0 Å². The molecule has 35 heavy (non-hydrogen) atoms. The van der Waals surface area contributed by atoms with E-state index < -0.39 is 12.1 Å². The van der Waals surface area contributed by atoms with Crippen molar-refractivity contribution in [3.8, 4) is 11.1 Å². The Morgan fingerprint density at radius 3 is 1.83 bits per heavy atom. The zero-order valence-electron chi connectivity index (χ0n) is 26.8. The van der Waals surface area contributed by atoms with E-state index in [1.165, 1.54) is 0 Å². The van der Waals surface area contributed by atoms with Crippen LogP contribution in [-0.2, 0) is 6.42 Å². The summed E-state index contributed by atoms with van der Waals surface area (Å²) in [5, 5.41) is 4.80. The molecule has 0 unspecified atom stereocenters. The highest BCUT2D eigenvalue weighted by molar-refractivity contribution is 6.18. The van der Waals surface area contributed by atoms with Gasteiger partial charge in [-0.3, -0.25) is 0 Å². The van der Waals surface area contributed by atoms with Crippen LogP contribution in [0.3, 0.4) is 0 Å². The molecule has 0 saturated heterocycles. The van der Waals surface area contributed by atoms with Crippen LogP contribution >= 0.6 is 0 Å². The van der Waals surface area contributed by atoms with Gasteiger partial charge in [-0.15, -0.1) is 0 Å². The van der Waals surface area contributed by atoms with Gasteiger partial charge in [-0.2, -0.15) is 0 Å². The fourth-order valence-electron chi connectivity index (χ4n) is 5.15. The molecule has 0 nitrogen and oxygen atoms in total. The highest BCUT2D eigenvalue weighted by atomic mass is 14.2. The van der Waals surface area contributed by atoms with Gasteiger partial charge in [0.1, 0.15) is 0 Å². The summed E-state index contributed by atoms with van der Waals surface area (Å²) in [5.74, 6) is 0. The first-order valence-corrected chi connectivity index (χ1v) is 11.6. The van der Waals surface area contributed by atoms with Crippen LogP contribution in [0.1, 0.15) is 22.1 Å². The molecule has 0 heteroatoms. The van der Waals surface area contributed by atoms with E-state index in [-0.39, 0.29) is 64.2 Å². The van der Waals surface area contributed by atoms with Crippen molar-refractivity contribution in [3.63, 3.8) is 0 Å². The maximum absolute atomic E-state index is 9.12. The summed E-state index contributed by atoms with van der Waals surface area (Å²) in [6.07, 6.45) is 0.206. The standard InChI is InChI=1S/C35H24/c1-2-12-27-22-24(20-21-25(27)10-1)23-34-29-15-5-7-17-32(29)35(33-18-8-6-16-30(33)34)31-19-9-13-26-11-3-4-14-28(26)31/h1-22H,23H2/i5D,6D,7D,8D,15D,16D,17D,18D.